The van der Waals surface area contributed by atoms with Crippen molar-refractivity contribution in [3.05, 3.63) is 69.8 Å². The number of rotatable bonds is 7. The molecule has 1 N–H and O–H groups in total. The summed E-state index contributed by atoms with van der Waals surface area (Å²) in [6.45, 7) is 4.19. The van der Waals surface area contributed by atoms with E-state index in [1.807, 2.05) is 24.3 Å². The first-order valence-electron chi connectivity index (χ1n) is 9.05. The van der Waals surface area contributed by atoms with Crippen LogP contribution in [0.5, 0.6) is 0 Å². The number of nitro benzene ring substituents is 1. The van der Waals surface area contributed by atoms with E-state index < -0.39 is 14.9 Å². The second kappa shape index (κ2) is 8.68. The molecule has 0 spiro atoms. The standard InChI is InChI=1S/C19H24N4O4S/c1-21-9-11-22(12-10-21)18-7-5-16(6-8-18)14-20-28(26,27)15-17-3-2-4-19(13-17)23(24)25/h2-8,13,20H,9-12,14-15H2,1H3. The lowest BCUT2D eigenvalue weighted by molar-refractivity contribution is -0.384. The largest absolute Gasteiger partial charge is 0.369 e. The topological polar surface area (TPSA) is 95.8 Å². The molecular weight excluding hydrogens is 380 g/mol. The van der Waals surface area contributed by atoms with Crippen molar-refractivity contribution in [2.45, 2.75) is 12.3 Å². The number of anilines is 1. The van der Waals surface area contributed by atoms with Gasteiger partial charge in [-0.2, -0.15) is 0 Å². The third-order valence-electron chi connectivity index (χ3n) is 4.78. The second-order valence-electron chi connectivity index (χ2n) is 6.96. The third kappa shape index (κ3) is 5.51. The minimum Gasteiger partial charge on any atom is -0.369 e. The molecule has 150 valence electrons. The molecule has 3 rings (SSSR count). The maximum Gasteiger partial charge on any atom is 0.269 e. The fourth-order valence-corrected chi connectivity index (χ4v) is 4.22. The maximum atomic E-state index is 12.3. The van der Waals surface area contributed by atoms with Crippen molar-refractivity contribution in [3.63, 3.8) is 0 Å². The summed E-state index contributed by atoms with van der Waals surface area (Å²) in [4.78, 5) is 14.9. The lowest BCUT2D eigenvalue weighted by atomic mass is 10.2. The lowest BCUT2D eigenvalue weighted by Crippen LogP contribution is -2.44. The van der Waals surface area contributed by atoms with Gasteiger partial charge in [0.15, 0.2) is 0 Å². The molecule has 0 atom stereocenters. The summed E-state index contributed by atoms with van der Waals surface area (Å²) in [5.41, 5.74) is 2.26. The Balaban J connectivity index is 1.57. The van der Waals surface area contributed by atoms with Crippen LogP contribution in [0, 0.1) is 10.1 Å². The van der Waals surface area contributed by atoms with Gasteiger partial charge >= 0.3 is 0 Å². The first-order valence-corrected chi connectivity index (χ1v) is 10.7. The number of nitrogens with one attached hydrogen (secondary N) is 1. The molecule has 9 heteroatoms. The number of piperazine rings is 1. The number of likely N-dealkylation sites (N-methyl/N-ethyl adjacent to an activating group) is 1. The van der Waals surface area contributed by atoms with Crippen LogP contribution in [0.25, 0.3) is 0 Å². The average molecular weight is 404 g/mol. The van der Waals surface area contributed by atoms with Crippen LogP contribution >= 0.6 is 0 Å². The predicted molar refractivity (Wildman–Crippen MR) is 109 cm³/mol. The Bertz CT molecular complexity index is 923. The van der Waals surface area contributed by atoms with Gasteiger partial charge < -0.3 is 9.80 Å². The van der Waals surface area contributed by atoms with Crippen LogP contribution in [0.2, 0.25) is 0 Å². The zero-order chi connectivity index (χ0) is 20.1. The highest BCUT2D eigenvalue weighted by Crippen LogP contribution is 2.18. The molecule has 1 heterocycles. The van der Waals surface area contributed by atoms with E-state index in [0.717, 1.165) is 37.4 Å². The number of non-ortho nitro benzene ring substituents is 1. The quantitative estimate of drug-likeness (QED) is 0.560. The van der Waals surface area contributed by atoms with E-state index in [1.54, 1.807) is 6.07 Å². The number of nitrogens with zero attached hydrogens (tertiary/aromatic N) is 3. The molecule has 2 aromatic rings. The van der Waals surface area contributed by atoms with Gasteiger partial charge in [-0.3, -0.25) is 10.1 Å². The van der Waals surface area contributed by atoms with Crippen LogP contribution in [0.3, 0.4) is 0 Å². The maximum absolute atomic E-state index is 12.3. The summed E-state index contributed by atoms with van der Waals surface area (Å²) >= 11 is 0. The van der Waals surface area contributed by atoms with Crippen LogP contribution in [0.1, 0.15) is 11.1 Å². The smallest absolute Gasteiger partial charge is 0.269 e. The van der Waals surface area contributed by atoms with E-state index in [4.69, 9.17) is 0 Å². The molecule has 0 unspecified atom stereocenters. The van der Waals surface area contributed by atoms with Crippen molar-refractivity contribution in [2.75, 3.05) is 38.1 Å². The Morgan fingerprint density at radius 3 is 2.36 bits per heavy atom. The Hall–Kier alpha value is -2.49. The fourth-order valence-electron chi connectivity index (χ4n) is 3.11. The molecule has 1 fully saturated rings. The number of nitro groups is 1. The van der Waals surface area contributed by atoms with Gasteiger partial charge in [-0.1, -0.05) is 24.3 Å². The molecule has 0 radical (unpaired) electrons. The van der Waals surface area contributed by atoms with E-state index in [1.165, 1.54) is 18.2 Å². The van der Waals surface area contributed by atoms with E-state index >= 15 is 0 Å². The molecule has 8 nitrogen and oxygen atoms in total. The van der Waals surface area contributed by atoms with Crippen molar-refractivity contribution in [3.8, 4) is 0 Å². The molecule has 0 amide bonds. The van der Waals surface area contributed by atoms with E-state index in [2.05, 4.69) is 21.6 Å². The minimum atomic E-state index is -3.60. The molecule has 0 aliphatic carbocycles. The van der Waals surface area contributed by atoms with Crippen molar-refractivity contribution in [1.29, 1.82) is 0 Å². The van der Waals surface area contributed by atoms with Gasteiger partial charge in [-0.15, -0.1) is 0 Å². The van der Waals surface area contributed by atoms with Gasteiger partial charge in [0.1, 0.15) is 0 Å². The molecule has 28 heavy (non-hydrogen) atoms. The highest BCUT2D eigenvalue weighted by Gasteiger charge is 2.16. The van der Waals surface area contributed by atoms with Crippen LogP contribution in [-0.2, 0) is 22.3 Å². The zero-order valence-corrected chi connectivity index (χ0v) is 16.6. The van der Waals surface area contributed by atoms with Crippen molar-refractivity contribution in [2.24, 2.45) is 0 Å². The molecule has 1 saturated heterocycles. The molecular formula is C19H24N4O4S. The molecule has 1 aliphatic rings. The number of benzene rings is 2. The zero-order valence-electron chi connectivity index (χ0n) is 15.7. The first kappa shape index (κ1) is 20.2. The van der Waals surface area contributed by atoms with Gasteiger partial charge in [0.2, 0.25) is 10.0 Å². The van der Waals surface area contributed by atoms with Crippen LogP contribution in [0.15, 0.2) is 48.5 Å². The Morgan fingerprint density at radius 1 is 1.04 bits per heavy atom. The molecule has 0 saturated carbocycles. The van der Waals surface area contributed by atoms with Gasteiger partial charge in [-0.05, 0) is 30.3 Å². The van der Waals surface area contributed by atoms with Crippen molar-refractivity contribution >= 4 is 21.4 Å². The molecule has 1 aliphatic heterocycles. The van der Waals surface area contributed by atoms with Crippen LogP contribution < -0.4 is 9.62 Å². The number of sulfonamides is 1. The summed E-state index contributed by atoms with van der Waals surface area (Å²) in [5, 5.41) is 10.8. The fraction of sp³-hybridized carbons (Fsp3) is 0.368. The summed E-state index contributed by atoms with van der Waals surface area (Å²) in [7, 11) is -1.49. The van der Waals surface area contributed by atoms with E-state index in [-0.39, 0.29) is 18.0 Å². The summed E-state index contributed by atoms with van der Waals surface area (Å²) in [6.07, 6.45) is 0. The SMILES string of the molecule is CN1CCN(c2ccc(CNS(=O)(=O)Cc3cccc([N+](=O)[O-])c3)cc2)CC1. The third-order valence-corrected chi connectivity index (χ3v) is 6.08. The monoisotopic (exact) mass is 404 g/mol. The highest BCUT2D eigenvalue weighted by atomic mass is 32.2. The minimum absolute atomic E-state index is 0.118. The van der Waals surface area contributed by atoms with E-state index in [9.17, 15) is 18.5 Å². The van der Waals surface area contributed by atoms with Gasteiger partial charge in [0.05, 0.1) is 10.7 Å². The Morgan fingerprint density at radius 2 is 1.71 bits per heavy atom. The normalized spacial score (nSPS) is 15.5. The van der Waals surface area contributed by atoms with Gasteiger partial charge in [-0.25, -0.2) is 13.1 Å². The number of hydrogen-bond acceptors (Lipinski definition) is 6. The van der Waals surface area contributed by atoms with Crippen LogP contribution in [-0.4, -0.2) is 51.5 Å². The van der Waals surface area contributed by atoms with E-state index in [0.29, 0.717) is 5.56 Å². The van der Waals surface area contributed by atoms with Crippen LogP contribution in [0.4, 0.5) is 11.4 Å². The predicted octanol–water partition coefficient (Wildman–Crippen LogP) is 1.97. The summed E-state index contributed by atoms with van der Waals surface area (Å²) in [6, 6.07) is 13.5. The molecule has 0 bridgehead atoms. The number of hydrogen-bond donors (Lipinski definition) is 1. The Kier molecular flexibility index (Phi) is 6.28. The van der Waals surface area contributed by atoms with Gasteiger partial charge in [0, 0.05) is 50.5 Å². The summed E-state index contributed by atoms with van der Waals surface area (Å²) in [5.74, 6) is -0.298. The molecule has 2 aromatic carbocycles. The summed E-state index contributed by atoms with van der Waals surface area (Å²) < 4.78 is 27.2. The molecule has 0 aromatic heterocycles. The van der Waals surface area contributed by atoms with Crippen molar-refractivity contribution in [1.82, 2.24) is 9.62 Å². The average Bonchev–Trinajstić information content (AvgIpc) is 2.67. The van der Waals surface area contributed by atoms with Crippen molar-refractivity contribution < 1.29 is 13.3 Å². The highest BCUT2D eigenvalue weighted by molar-refractivity contribution is 7.88. The lowest BCUT2D eigenvalue weighted by Gasteiger charge is -2.34. The Labute approximate surface area is 165 Å². The second-order valence-corrected chi connectivity index (χ2v) is 8.77. The first-order chi connectivity index (χ1) is 13.3. The van der Waals surface area contributed by atoms with Gasteiger partial charge in [0.25, 0.3) is 5.69 Å².